The molecular formula is C18H16N4O4. The van der Waals surface area contributed by atoms with E-state index in [4.69, 9.17) is 4.74 Å². The van der Waals surface area contributed by atoms with Crippen LogP contribution < -0.4 is 5.32 Å². The van der Waals surface area contributed by atoms with Gasteiger partial charge in [-0.3, -0.25) is 10.1 Å². The van der Waals surface area contributed by atoms with Crippen molar-refractivity contribution in [2.24, 2.45) is 0 Å². The first kappa shape index (κ1) is 17.2. The number of hydrogen-bond donors (Lipinski definition) is 1. The van der Waals surface area contributed by atoms with Gasteiger partial charge in [-0.15, -0.1) is 0 Å². The van der Waals surface area contributed by atoms with E-state index in [0.29, 0.717) is 17.9 Å². The summed E-state index contributed by atoms with van der Waals surface area (Å²) < 4.78 is 7.14. The molecule has 0 spiro atoms. The lowest BCUT2D eigenvalue weighted by Crippen LogP contribution is -2.14. The van der Waals surface area contributed by atoms with Gasteiger partial charge in [0.15, 0.2) is 0 Å². The Morgan fingerprint density at radius 1 is 1.15 bits per heavy atom. The maximum Gasteiger partial charge on any atom is 0.338 e. The van der Waals surface area contributed by atoms with E-state index in [1.165, 1.54) is 18.3 Å². The van der Waals surface area contributed by atoms with Gasteiger partial charge in [0.05, 0.1) is 17.0 Å². The van der Waals surface area contributed by atoms with Gasteiger partial charge in [-0.25, -0.2) is 9.78 Å². The van der Waals surface area contributed by atoms with Crippen LogP contribution in [0.15, 0.2) is 67.1 Å². The highest BCUT2D eigenvalue weighted by Crippen LogP contribution is 2.12. The maximum atomic E-state index is 12.0. The Morgan fingerprint density at radius 3 is 2.50 bits per heavy atom. The van der Waals surface area contributed by atoms with Crippen molar-refractivity contribution in [2.75, 3.05) is 18.5 Å². The molecule has 0 unspecified atom stereocenters. The second kappa shape index (κ2) is 7.93. The van der Waals surface area contributed by atoms with E-state index in [1.54, 1.807) is 12.1 Å². The molecule has 1 aromatic carbocycles. The van der Waals surface area contributed by atoms with Gasteiger partial charge in [-0.1, -0.05) is 0 Å². The molecule has 0 radical (unpaired) electrons. The summed E-state index contributed by atoms with van der Waals surface area (Å²) in [7, 11) is 0. The van der Waals surface area contributed by atoms with Crippen LogP contribution in [0.4, 0.5) is 11.5 Å². The zero-order valence-electron chi connectivity index (χ0n) is 13.7. The largest absolute Gasteiger partial charge is 0.460 e. The third kappa shape index (κ3) is 4.23. The lowest BCUT2D eigenvalue weighted by Gasteiger charge is -2.08. The monoisotopic (exact) mass is 352 g/mol. The average Bonchev–Trinajstić information content (AvgIpc) is 3.20. The predicted octanol–water partition coefficient (Wildman–Crippen LogP) is 3.05. The third-order valence-corrected chi connectivity index (χ3v) is 3.61. The number of carbonyl (C=O) groups excluding carboxylic acids is 1. The van der Waals surface area contributed by atoms with E-state index in [9.17, 15) is 14.9 Å². The van der Waals surface area contributed by atoms with E-state index < -0.39 is 10.9 Å². The number of rotatable bonds is 7. The molecule has 0 fully saturated rings. The number of hydrogen-bond acceptors (Lipinski definition) is 6. The number of nitrogens with one attached hydrogen (secondary N) is 1. The molecule has 0 saturated heterocycles. The summed E-state index contributed by atoms with van der Waals surface area (Å²) in [4.78, 5) is 26.0. The number of anilines is 1. The van der Waals surface area contributed by atoms with Gasteiger partial charge in [0, 0.05) is 24.1 Å². The Kier molecular flexibility index (Phi) is 5.23. The molecule has 8 heteroatoms. The minimum Gasteiger partial charge on any atom is -0.460 e. The molecule has 0 amide bonds. The van der Waals surface area contributed by atoms with Crippen LogP contribution in [0.2, 0.25) is 0 Å². The number of aromatic nitrogens is 2. The second-order valence-electron chi connectivity index (χ2n) is 5.36. The Bertz CT molecular complexity index is 875. The van der Waals surface area contributed by atoms with Crippen molar-refractivity contribution >= 4 is 17.5 Å². The van der Waals surface area contributed by atoms with Crippen LogP contribution in [0.5, 0.6) is 0 Å². The smallest absolute Gasteiger partial charge is 0.338 e. The lowest BCUT2D eigenvalue weighted by atomic mass is 10.2. The highest BCUT2D eigenvalue weighted by atomic mass is 16.6. The fourth-order valence-corrected chi connectivity index (χ4v) is 2.28. The van der Waals surface area contributed by atoms with Crippen LogP contribution in [0.1, 0.15) is 10.4 Å². The van der Waals surface area contributed by atoms with Crippen LogP contribution in [0.25, 0.3) is 5.69 Å². The molecule has 3 rings (SSSR count). The topological polar surface area (TPSA) is 99.3 Å². The number of nitro groups is 1. The molecule has 0 aliphatic heterocycles. The normalized spacial score (nSPS) is 10.3. The second-order valence-corrected chi connectivity index (χ2v) is 5.36. The number of esters is 1. The van der Waals surface area contributed by atoms with E-state index >= 15 is 0 Å². The first-order valence-corrected chi connectivity index (χ1v) is 7.88. The van der Waals surface area contributed by atoms with Crippen LogP contribution in [0.3, 0.4) is 0 Å². The Hall–Kier alpha value is -3.68. The number of carbonyl (C=O) groups is 1. The molecule has 132 valence electrons. The molecule has 2 aromatic heterocycles. The third-order valence-electron chi connectivity index (χ3n) is 3.61. The standard InChI is InChI=1S/C18H16N4O4/c23-18(14-3-5-15(6-4-14)21-10-1-2-11-21)26-12-9-19-17-8-7-16(13-20-17)22(24)25/h1-8,10-11,13H,9,12H2,(H,19,20). The Labute approximate surface area is 149 Å². The van der Waals surface area contributed by atoms with Crippen molar-refractivity contribution in [1.29, 1.82) is 0 Å². The molecule has 0 atom stereocenters. The number of nitrogens with zero attached hydrogens (tertiary/aromatic N) is 3. The first-order chi connectivity index (χ1) is 12.6. The lowest BCUT2D eigenvalue weighted by molar-refractivity contribution is -0.385. The van der Waals surface area contributed by atoms with Gasteiger partial charge < -0.3 is 14.6 Å². The van der Waals surface area contributed by atoms with Crippen molar-refractivity contribution in [3.63, 3.8) is 0 Å². The van der Waals surface area contributed by atoms with Crippen LogP contribution in [-0.2, 0) is 4.74 Å². The summed E-state index contributed by atoms with van der Waals surface area (Å²) in [5.41, 5.74) is 1.34. The molecule has 0 aliphatic rings. The minimum atomic E-state index is -0.514. The van der Waals surface area contributed by atoms with Crippen molar-refractivity contribution in [3.8, 4) is 5.69 Å². The van der Waals surface area contributed by atoms with Gasteiger partial charge in [-0.05, 0) is 42.5 Å². The molecule has 0 aliphatic carbocycles. The molecule has 0 saturated carbocycles. The van der Waals surface area contributed by atoms with Gasteiger partial charge in [-0.2, -0.15) is 0 Å². The molecular weight excluding hydrogens is 336 g/mol. The van der Waals surface area contributed by atoms with Crippen LogP contribution >= 0.6 is 0 Å². The summed E-state index contributed by atoms with van der Waals surface area (Å²) in [6.45, 7) is 0.495. The summed E-state index contributed by atoms with van der Waals surface area (Å²) >= 11 is 0. The quantitative estimate of drug-likeness (QED) is 0.304. The Balaban J connectivity index is 1.46. The van der Waals surface area contributed by atoms with E-state index in [0.717, 1.165) is 5.69 Å². The fourth-order valence-electron chi connectivity index (χ4n) is 2.28. The number of ether oxygens (including phenoxy) is 1. The summed E-state index contributed by atoms with van der Waals surface area (Å²) in [6.07, 6.45) is 5.01. The number of benzene rings is 1. The molecule has 2 heterocycles. The maximum absolute atomic E-state index is 12.0. The van der Waals surface area contributed by atoms with E-state index in [1.807, 2.05) is 41.2 Å². The van der Waals surface area contributed by atoms with Crippen molar-refractivity contribution in [3.05, 3.63) is 82.8 Å². The minimum absolute atomic E-state index is 0.0784. The van der Waals surface area contributed by atoms with Gasteiger partial charge in [0.25, 0.3) is 5.69 Å². The summed E-state index contributed by atoms with van der Waals surface area (Å²) in [6, 6.07) is 13.8. The zero-order chi connectivity index (χ0) is 18.4. The van der Waals surface area contributed by atoms with Crippen LogP contribution in [0, 0.1) is 10.1 Å². The molecule has 0 bridgehead atoms. The zero-order valence-corrected chi connectivity index (χ0v) is 13.7. The SMILES string of the molecule is O=C(OCCNc1ccc([N+](=O)[O-])cn1)c1ccc(-n2cccc2)cc1. The van der Waals surface area contributed by atoms with Gasteiger partial charge >= 0.3 is 5.97 Å². The summed E-state index contributed by atoms with van der Waals surface area (Å²) in [5, 5.41) is 13.5. The van der Waals surface area contributed by atoms with Crippen molar-refractivity contribution < 1.29 is 14.5 Å². The molecule has 8 nitrogen and oxygen atoms in total. The van der Waals surface area contributed by atoms with E-state index in [2.05, 4.69) is 10.3 Å². The molecule has 3 aromatic rings. The van der Waals surface area contributed by atoms with E-state index in [-0.39, 0.29) is 12.3 Å². The highest BCUT2D eigenvalue weighted by Gasteiger charge is 2.08. The first-order valence-electron chi connectivity index (χ1n) is 7.88. The average molecular weight is 352 g/mol. The molecule has 1 N–H and O–H groups in total. The fraction of sp³-hybridized carbons (Fsp3) is 0.111. The highest BCUT2D eigenvalue weighted by molar-refractivity contribution is 5.89. The van der Waals surface area contributed by atoms with Crippen LogP contribution in [-0.4, -0.2) is 33.6 Å². The van der Waals surface area contributed by atoms with Gasteiger partial charge in [0.1, 0.15) is 18.6 Å². The summed E-state index contributed by atoms with van der Waals surface area (Å²) in [5.74, 6) is 0.0604. The molecule has 26 heavy (non-hydrogen) atoms. The van der Waals surface area contributed by atoms with Crippen molar-refractivity contribution in [2.45, 2.75) is 0 Å². The Morgan fingerprint density at radius 2 is 1.88 bits per heavy atom. The van der Waals surface area contributed by atoms with Gasteiger partial charge in [0.2, 0.25) is 0 Å². The number of pyridine rings is 1. The predicted molar refractivity (Wildman–Crippen MR) is 95.4 cm³/mol. The van der Waals surface area contributed by atoms with Crippen molar-refractivity contribution in [1.82, 2.24) is 9.55 Å².